The minimum Gasteiger partial charge on any atom is -0.377 e. The van der Waals surface area contributed by atoms with Gasteiger partial charge in [-0.1, -0.05) is 13.8 Å². The van der Waals surface area contributed by atoms with E-state index in [0.717, 1.165) is 18.9 Å². The maximum Gasteiger partial charge on any atom is 0.0729 e. The van der Waals surface area contributed by atoms with E-state index < -0.39 is 0 Å². The number of nitrogens with zero attached hydrogens (tertiary/aromatic N) is 1. The SMILES string of the molecule is CC(C)c1cncc(NC2COC2)c1. The van der Waals surface area contributed by atoms with Gasteiger partial charge in [-0.3, -0.25) is 4.98 Å². The lowest BCUT2D eigenvalue weighted by Crippen LogP contribution is -2.40. The minimum absolute atomic E-state index is 0.471. The number of anilines is 1. The molecule has 76 valence electrons. The number of nitrogens with one attached hydrogen (secondary N) is 1. The van der Waals surface area contributed by atoms with Crippen LogP contribution in [0.25, 0.3) is 0 Å². The van der Waals surface area contributed by atoms with E-state index in [0.29, 0.717) is 12.0 Å². The summed E-state index contributed by atoms with van der Waals surface area (Å²) in [6.07, 6.45) is 3.79. The first-order valence-corrected chi connectivity index (χ1v) is 5.05. The van der Waals surface area contributed by atoms with Crippen LogP contribution < -0.4 is 5.32 Å². The van der Waals surface area contributed by atoms with Crippen LogP contribution in [0.2, 0.25) is 0 Å². The third-order valence-corrected chi connectivity index (χ3v) is 2.43. The predicted molar refractivity (Wildman–Crippen MR) is 56.6 cm³/mol. The van der Waals surface area contributed by atoms with Crippen LogP contribution in [-0.4, -0.2) is 24.2 Å². The molecule has 0 atom stereocenters. The average Bonchev–Trinajstić information content (AvgIpc) is 2.12. The lowest BCUT2D eigenvalue weighted by molar-refractivity contribution is 0.0211. The van der Waals surface area contributed by atoms with E-state index in [1.165, 1.54) is 5.56 Å². The summed E-state index contributed by atoms with van der Waals surface area (Å²) in [6.45, 7) is 5.97. The smallest absolute Gasteiger partial charge is 0.0729 e. The molecular weight excluding hydrogens is 176 g/mol. The molecule has 0 radical (unpaired) electrons. The van der Waals surface area contributed by atoms with Crippen LogP contribution in [-0.2, 0) is 4.74 Å². The zero-order chi connectivity index (χ0) is 9.97. The van der Waals surface area contributed by atoms with Crippen molar-refractivity contribution in [1.82, 2.24) is 4.98 Å². The van der Waals surface area contributed by atoms with Crippen molar-refractivity contribution >= 4 is 5.69 Å². The molecule has 2 heterocycles. The third kappa shape index (κ3) is 2.04. The standard InChI is InChI=1S/C11H16N2O/c1-8(2)9-3-10(5-12-4-9)13-11-6-14-7-11/h3-5,8,11,13H,6-7H2,1-2H3. The molecule has 0 aromatic carbocycles. The molecule has 1 aromatic rings. The van der Waals surface area contributed by atoms with E-state index >= 15 is 0 Å². The van der Waals surface area contributed by atoms with Gasteiger partial charge in [-0.2, -0.15) is 0 Å². The highest BCUT2D eigenvalue weighted by Gasteiger charge is 2.17. The van der Waals surface area contributed by atoms with Crippen molar-refractivity contribution in [3.63, 3.8) is 0 Å². The fraction of sp³-hybridized carbons (Fsp3) is 0.545. The van der Waals surface area contributed by atoms with Crippen LogP contribution in [0.3, 0.4) is 0 Å². The first-order valence-electron chi connectivity index (χ1n) is 5.05. The van der Waals surface area contributed by atoms with Crippen LogP contribution in [0.5, 0.6) is 0 Å². The van der Waals surface area contributed by atoms with E-state index in [4.69, 9.17) is 4.74 Å². The molecule has 0 saturated carbocycles. The Morgan fingerprint density at radius 1 is 1.43 bits per heavy atom. The van der Waals surface area contributed by atoms with E-state index in [9.17, 15) is 0 Å². The molecule has 0 spiro atoms. The van der Waals surface area contributed by atoms with Gasteiger partial charge in [-0.25, -0.2) is 0 Å². The van der Waals surface area contributed by atoms with Crippen molar-refractivity contribution in [1.29, 1.82) is 0 Å². The molecule has 14 heavy (non-hydrogen) atoms. The van der Waals surface area contributed by atoms with E-state index in [2.05, 4.69) is 30.2 Å². The van der Waals surface area contributed by atoms with Crippen molar-refractivity contribution in [2.45, 2.75) is 25.8 Å². The summed E-state index contributed by atoms with van der Waals surface area (Å²) in [6, 6.07) is 2.63. The largest absolute Gasteiger partial charge is 0.377 e. The van der Waals surface area contributed by atoms with Crippen molar-refractivity contribution in [3.05, 3.63) is 24.0 Å². The fourth-order valence-corrected chi connectivity index (χ4v) is 1.41. The summed E-state index contributed by atoms with van der Waals surface area (Å²) >= 11 is 0. The maximum atomic E-state index is 5.10. The van der Waals surface area contributed by atoms with Crippen molar-refractivity contribution < 1.29 is 4.74 Å². The van der Waals surface area contributed by atoms with Gasteiger partial charge in [0.05, 0.1) is 24.9 Å². The Bertz CT molecular complexity index is 308. The van der Waals surface area contributed by atoms with Gasteiger partial charge >= 0.3 is 0 Å². The van der Waals surface area contributed by atoms with Gasteiger partial charge in [0.2, 0.25) is 0 Å². The lowest BCUT2D eigenvalue weighted by atomic mass is 10.1. The highest BCUT2D eigenvalue weighted by molar-refractivity contribution is 5.44. The Balaban J connectivity index is 2.05. The molecule has 1 fully saturated rings. The van der Waals surface area contributed by atoms with Gasteiger partial charge in [0.1, 0.15) is 0 Å². The predicted octanol–water partition coefficient (Wildman–Crippen LogP) is 2.02. The van der Waals surface area contributed by atoms with Crippen LogP contribution in [0.4, 0.5) is 5.69 Å². The van der Waals surface area contributed by atoms with Crippen LogP contribution in [0.1, 0.15) is 25.3 Å². The molecule has 1 saturated heterocycles. The summed E-state index contributed by atoms with van der Waals surface area (Å²) < 4.78 is 5.10. The molecule has 1 N–H and O–H groups in total. The second-order valence-corrected chi connectivity index (χ2v) is 4.04. The Hall–Kier alpha value is -1.09. The van der Waals surface area contributed by atoms with Crippen molar-refractivity contribution in [2.24, 2.45) is 0 Å². The fourth-order valence-electron chi connectivity index (χ4n) is 1.41. The normalized spacial score (nSPS) is 16.8. The van der Waals surface area contributed by atoms with Crippen LogP contribution >= 0.6 is 0 Å². The van der Waals surface area contributed by atoms with Gasteiger partial charge in [0.25, 0.3) is 0 Å². The second-order valence-electron chi connectivity index (χ2n) is 4.04. The minimum atomic E-state index is 0.471. The molecule has 1 aliphatic rings. The van der Waals surface area contributed by atoms with Crippen molar-refractivity contribution in [3.8, 4) is 0 Å². The van der Waals surface area contributed by atoms with Gasteiger partial charge in [-0.15, -0.1) is 0 Å². The molecule has 0 unspecified atom stereocenters. The summed E-state index contributed by atoms with van der Waals surface area (Å²) in [5, 5.41) is 3.39. The summed E-state index contributed by atoms with van der Waals surface area (Å²) in [5.41, 5.74) is 2.37. The molecule has 0 amide bonds. The summed E-state index contributed by atoms with van der Waals surface area (Å²) in [4.78, 5) is 4.21. The average molecular weight is 192 g/mol. The van der Waals surface area contributed by atoms with Crippen LogP contribution in [0.15, 0.2) is 18.5 Å². The molecule has 0 bridgehead atoms. The van der Waals surface area contributed by atoms with Gasteiger partial charge in [0, 0.05) is 12.4 Å². The molecule has 0 aliphatic carbocycles. The second kappa shape index (κ2) is 3.96. The van der Waals surface area contributed by atoms with Gasteiger partial charge in [-0.05, 0) is 17.5 Å². The molecule has 1 aliphatic heterocycles. The lowest BCUT2D eigenvalue weighted by Gasteiger charge is -2.27. The Labute approximate surface area is 84.5 Å². The Morgan fingerprint density at radius 3 is 2.79 bits per heavy atom. The van der Waals surface area contributed by atoms with Gasteiger partial charge in [0.15, 0.2) is 0 Å². The zero-order valence-electron chi connectivity index (χ0n) is 8.66. The molecular formula is C11H16N2O. The highest BCUT2D eigenvalue weighted by atomic mass is 16.5. The van der Waals surface area contributed by atoms with E-state index in [1.807, 2.05) is 12.4 Å². The number of rotatable bonds is 3. The zero-order valence-corrected chi connectivity index (χ0v) is 8.66. The number of ether oxygens (including phenoxy) is 1. The number of hydrogen-bond acceptors (Lipinski definition) is 3. The Morgan fingerprint density at radius 2 is 2.21 bits per heavy atom. The highest BCUT2D eigenvalue weighted by Crippen LogP contribution is 2.18. The topological polar surface area (TPSA) is 34.2 Å². The molecule has 3 nitrogen and oxygen atoms in total. The molecule has 1 aromatic heterocycles. The van der Waals surface area contributed by atoms with E-state index in [-0.39, 0.29) is 0 Å². The summed E-state index contributed by atoms with van der Waals surface area (Å²) in [5.74, 6) is 0.530. The molecule has 2 rings (SSSR count). The maximum absolute atomic E-state index is 5.10. The van der Waals surface area contributed by atoms with Crippen molar-refractivity contribution in [2.75, 3.05) is 18.5 Å². The van der Waals surface area contributed by atoms with Crippen LogP contribution in [0, 0.1) is 0 Å². The Kier molecular flexibility index (Phi) is 2.68. The quantitative estimate of drug-likeness (QED) is 0.795. The monoisotopic (exact) mass is 192 g/mol. The number of hydrogen-bond donors (Lipinski definition) is 1. The third-order valence-electron chi connectivity index (χ3n) is 2.43. The first kappa shape index (κ1) is 9.46. The number of aromatic nitrogens is 1. The van der Waals surface area contributed by atoms with Gasteiger partial charge < -0.3 is 10.1 Å². The van der Waals surface area contributed by atoms with E-state index in [1.54, 1.807) is 0 Å². The first-order chi connectivity index (χ1) is 6.75. The molecule has 3 heteroatoms. The number of pyridine rings is 1. The summed E-state index contributed by atoms with van der Waals surface area (Å²) in [7, 11) is 0.